The van der Waals surface area contributed by atoms with Gasteiger partial charge < -0.3 is 5.32 Å². The SMILES string of the molecule is CCC(CC)NCC(C)SCC1CCCC1. The van der Waals surface area contributed by atoms with Crippen LogP contribution in [0.5, 0.6) is 0 Å². The van der Waals surface area contributed by atoms with Gasteiger partial charge in [0.1, 0.15) is 0 Å². The van der Waals surface area contributed by atoms with E-state index in [-0.39, 0.29) is 0 Å². The summed E-state index contributed by atoms with van der Waals surface area (Å²) >= 11 is 2.17. The minimum atomic E-state index is 0.731. The Labute approximate surface area is 106 Å². The van der Waals surface area contributed by atoms with Gasteiger partial charge in [-0.15, -0.1) is 0 Å². The highest BCUT2D eigenvalue weighted by molar-refractivity contribution is 7.99. The normalized spacial score (nSPS) is 19.5. The largest absolute Gasteiger partial charge is 0.313 e. The topological polar surface area (TPSA) is 12.0 Å². The van der Waals surface area contributed by atoms with E-state index in [2.05, 4.69) is 37.8 Å². The molecule has 0 aromatic heterocycles. The van der Waals surface area contributed by atoms with E-state index in [4.69, 9.17) is 0 Å². The lowest BCUT2D eigenvalue weighted by Gasteiger charge is -2.19. The van der Waals surface area contributed by atoms with Gasteiger partial charge in [-0.05, 0) is 37.4 Å². The van der Waals surface area contributed by atoms with Crippen molar-refractivity contribution >= 4 is 11.8 Å². The molecule has 1 fully saturated rings. The molecule has 1 saturated carbocycles. The van der Waals surface area contributed by atoms with Gasteiger partial charge in [-0.3, -0.25) is 0 Å². The lowest BCUT2D eigenvalue weighted by atomic mass is 10.1. The highest BCUT2D eigenvalue weighted by Gasteiger charge is 2.16. The molecular weight excluding hydrogens is 214 g/mol. The van der Waals surface area contributed by atoms with Gasteiger partial charge in [-0.1, -0.05) is 33.6 Å². The van der Waals surface area contributed by atoms with E-state index in [9.17, 15) is 0 Å². The van der Waals surface area contributed by atoms with Crippen LogP contribution < -0.4 is 5.32 Å². The average molecular weight is 243 g/mol. The number of rotatable bonds is 8. The Morgan fingerprint density at radius 2 is 1.81 bits per heavy atom. The van der Waals surface area contributed by atoms with Crippen molar-refractivity contribution in [3.8, 4) is 0 Å². The van der Waals surface area contributed by atoms with Gasteiger partial charge in [0.2, 0.25) is 0 Å². The summed E-state index contributed by atoms with van der Waals surface area (Å²) in [6.07, 6.45) is 8.45. The zero-order chi connectivity index (χ0) is 11.8. The van der Waals surface area contributed by atoms with Gasteiger partial charge >= 0.3 is 0 Å². The second-order valence-electron chi connectivity index (χ2n) is 5.22. The Bertz CT molecular complexity index is 156. The van der Waals surface area contributed by atoms with Gasteiger partial charge in [0.15, 0.2) is 0 Å². The van der Waals surface area contributed by atoms with Crippen LogP contribution in [0.2, 0.25) is 0 Å². The van der Waals surface area contributed by atoms with Crippen molar-refractivity contribution in [1.29, 1.82) is 0 Å². The fourth-order valence-electron chi connectivity index (χ4n) is 2.45. The Morgan fingerprint density at radius 1 is 1.19 bits per heavy atom. The van der Waals surface area contributed by atoms with Crippen LogP contribution in [-0.2, 0) is 0 Å². The molecule has 1 N–H and O–H groups in total. The fraction of sp³-hybridized carbons (Fsp3) is 1.00. The highest BCUT2D eigenvalue weighted by atomic mass is 32.2. The third-order valence-corrected chi connectivity index (χ3v) is 5.17. The third kappa shape index (κ3) is 5.58. The van der Waals surface area contributed by atoms with E-state index in [1.54, 1.807) is 0 Å². The maximum Gasteiger partial charge on any atom is 0.0144 e. The molecular formula is C14H29NS. The highest BCUT2D eigenvalue weighted by Crippen LogP contribution is 2.29. The first-order chi connectivity index (χ1) is 7.76. The predicted molar refractivity (Wildman–Crippen MR) is 76.3 cm³/mol. The zero-order valence-corrected chi connectivity index (χ0v) is 12.1. The van der Waals surface area contributed by atoms with Crippen molar-refractivity contribution in [1.82, 2.24) is 5.32 Å². The van der Waals surface area contributed by atoms with Crippen molar-refractivity contribution in [3.63, 3.8) is 0 Å². The van der Waals surface area contributed by atoms with Crippen molar-refractivity contribution in [3.05, 3.63) is 0 Å². The van der Waals surface area contributed by atoms with Crippen molar-refractivity contribution in [2.24, 2.45) is 5.92 Å². The van der Waals surface area contributed by atoms with Gasteiger partial charge in [0.25, 0.3) is 0 Å². The second kappa shape index (κ2) is 8.41. The van der Waals surface area contributed by atoms with Gasteiger partial charge in [-0.2, -0.15) is 11.8 Å². The predicted octanol–water partition coefficient (Wildman–Crippen LogP) is 4.08. The number of hydrogen-bond acceptors (Lipinski definition) is 2. The van der Waals surface area contributed by atoms with Crippen LogP contribution in [0.4, 0.5) is 0 Å². The molecule has 96 valence electrons. The average Bonchev–Trinajstić information content (AvgIpc) is 2.80. The molecule has 0 heterocycles. The van der Waals surface area contributed by atoms with E-state index in [1.165, 1.54) is 50.8 Å². The molecule has 1 aliphatic rings. The van der Waals surface area contributed by atoms with E-state index >= 15 is 0 Å². The van der Waals surface area contributed by atoms with Crippen molar-refractivity contribution < 1.29 is 0 Å². The molecule has 1 nitrogen and oxygen atoms in total. The first-order valence-electron chi connectivity index (χ1n) is 7.11. The molecule has 0 aliphatic heterocycles. The Hall–Kier alpha value is 0.310. The van der Waals surface area contributed by atoms with Crippen LogP contribution >= 0.6 is 11.8 Å². The summed E-state index contributed by atoms with van der Waals surface area (Å²) in [4.78, 5) is 0. The van der Waals surface area contributed by atoms with Crippen LogP contribution in [0.1, 0.15) is 59.3 Å². The van der Waals surface area contributed by atoms with Crippen molar-refractivity contribution in [2.75, 3.05) is 12.3 Å². The van der Waals surface area contributed by atoms with E-state index in [0.717, 1.165) is 17.2 Å². The van der Waals surface area contributed by atoms with E-state index in [1.807, 2.05) is 0 Å². The summed E-state index contributed by atoms with van der Waals surface area (Å²) in [5.74, 6) is 2.42. The maximum absolute atomic E-state index is 3.67. The van der Waals surface area contributed by atoms with E-state index in [0.29, 0.717) is 0 Å². The molecule has 0 radical (unpaired) electrons. The summed E-state index contributed by atoms with van der Waals surface area (Å²) in [5, 5.41) is 4.45. The smallest absolute Gasteiger partial charge is 0.0144 e. The Balaban J connectivity index is 2.03. The fourth-order valence-corrected chi connectivity index (χ4v) is 3.59. The monoisotopic (exact) mass is 243 g/mol. The summed E-state index contributed by atoms with van der Waals surface area (Å²) in [6, 6.07) is 0.731. The zero-order valence-electron chi connectivity index (χ0n) is 11.3. The minimum absolute atomic E-state index is 0.731. The van der Waals surface area contributed by atoms with Crippen molar-refractivity contribution in [2.45, 2.75) is 70.6 Å². The van der Waals surface area contributed by atoms with Gasteiger partial charge in [0, 0.05) is 17.8 Å². The second-order valence-corrected chi connectivity index (χ2v) is 6.69. The van der Waals surface area contributed by atoms with Crippen LogP contribution in [0.15, 0.2) is 0 Å². The number of thioether (sulfide) groups is 1. The van der Waals surface area contributed by atoms with Crippen LogP contribution in [0.25, 0.3) is 0 Å². The molecule has 0 spiro atoms. The molecule has 1 unspecified atom stereocenters. The molecule has 1 aliphatic carbocycles. The Kier molecular flexibility index (Phi) is 7.55. The molecule has 0 aromatic carbocycles. The Morgan fingerprint density at radius 3 is 2.38 bits per heavy atom. The van der Waals surface area contributed by atoms with Gasteiger partial charge in [0.05, 0.1) is 0 Å². The molecule has 0 amide bonds. The van der Waals surface area contributed by atoms with E-state index < -0.39 is 0 Å². The summed E-state index contributed by atoms with van der Waals surface area (Å²) < 4.78 is 0. The molecule has 0 bridgehead atoms. The number of hydrogen-bond donors (Lipinski definition) is 1. The van der Waals surface area contributed by atoms with Crippen LogP contribution in [0, 0.1) is 5.92 Å². The van der Waals surface area contributed by atoms with Gasteiger partial charge in [-0.25, -0.2) is 0 Å². The van der Waals surface area contributed by atoms with Crippen LogP contribution in [-0.4, -0.2) is 23.6 Å². The standard InChI is InChI=1S/C14H29NS/c1-4-14(5-2)15-10-12(3)16-11-13-8-6-7-9-13/h12-15H,4-11H2,1-3H3. The molecule has 0 saturated heterocycles. The molecule has 16 heavy (non-hydrogen) atoms. The lowest BCUT2D eigenvalue weighted by Crippen LogP contribution is -2.32. The lowest BCUT2D eigenvalue weighted by molar-refractivity contribution is 0.487. The molecule has 1 atom stereocenters. The quantitative estimate of drug-likeness (QED) is 0.689. The van der Waals surface area contributed by atoms with Crippen LogP contribution in [0.3, 0.4) is 0 Å². The minimum Gasteiger partial charge on any atom is -0.313 e. The first-order valence-corrected chi connectivity index (χ1v) is 8.16. The maximum atomic E-state index is 3.67. The molecule has 0 aromatic rings. The summed E-state index contributed by atoms with van der Waals surface area (Å²) in [5.41, 5.74) is 0. The first kappa shape index (κ1) is 14.4. The third-order valence-electron chi connectivity index (χ3n) is 3.77. The summed E-state index contributed by atoms with van der Waals surface area (Å²) in [6.45, 7) is 8.10. The molecule has 1 rings (SSSR count). The summed E-state index contributed by atoms with van der Waals surface area (Å²) in [7, 11) is 0. The number of nitrogens with one attached hydrogen (secondary N) is 1. The molecule has 2 heteroatoms.